The SMILES string of the molecule is CCOc1ccccc1N(CC(=O)N(Cc1ccccc1C)[C@H](Cc1ccccc1)C(=O)NC1CCCC1)S(=O)(=O)c1ccc(SC)cc1. The molecule has 258 valence electrons. The lowest BCUT2D eigenvalue weighted by Gasteiger charge is -2.35. The van der Waals surface area contributed by atoms with E-state index in [1.54, 1.807) is 53.4 Å². The number of nitrogens with one attached hydrogen (secondary N) is 1. The van der Waals surface area contributed by atoms with Crippen molar-refractivity contribution in [3.63, 3.8) is 0 Å². The number of sulfonamides is 1. The van der Waals surface area contributed by atoms with Crippen LogP contribution in [0.2, 0.25) is 0 Å². The Labute approximate surface area is 294 Å². The number of para-hydroxylation sites is 2. The van der Waals surface area contributed by atoms with Crippen LogP contribution in [-0.2, 0) is 32.6 Å². The van der Waals surface area contributed by atoms with Gasteiger partial charge < -0.3 is 15.0 Å². The van der Waals surface area contributed by atoms with E-state index in [4.69, 9.17) is 4.74 Å². The van der Waals surface area contributed by atoms with Crippen molar-refractivity contribution in [3.8, 4) is 5.75 Å². The zero-order valence-electron chi connectivity index (χ0n) is 28.4. The third kappa shape index (κ3) is 9.05. The lowest BCUT2D eigenvalue weighted by molar-refractivity contribution is -0.140. The molecule has 0 unspecified atom stereocenters. The Morgan fingerprint density at radius 1 is 0.898 bits per heavy atom. The van der Waals surface area contributed by atoms with Gasteiger partial charge in [-0.1, -0.05) is 79.6 Å². The fourth-order valence-electron chi connectivity index (χ4n) is 6.22. The standard InChI is InChI=1S/C39H45N3O5S2/c1-4-47-37-21-13-12-20-35(37)42(49(45,46)34-24-22-33(48-3)23-25-34)28-38(43)41(27-31-17-9-8-14-29(31)2)36(26-30-15-6-5-7-16-30)39(44)40-32-18-10-11-19-32/h5-9,12-17,20-25,32,36H,4,10-11,18-19,26-28H2,1-3H3,(H,40,44)/t36-/m1/s1. The molecule has 0 aliphatic heterocycles. The number of ether oxygens (including phenoxy) is 1. The molecule has 0 radical (unpaired) electrons. The summed E-state index contributed by atoms with van der Waals surface area (Å²) in [5.74, 6) is -0.400. The van der Waals surface area contributed by atoms with Gasteiger partial charge in [-0.15, -0.1) is 11.8 Å². The molecule has 1 aliphatic carbocycles. The van der Waals surface area contributed by atoms with Crippen molar-refractivity contribution in [3.05, 3.63) is 120 Å². The molecule has 0 spiro atoms. The van der Waals surface area contributed by atoms with Gasteiger partial charge in [-0.05, 0) is 86.0 Å². The molecule has 1 aliphatic rings. The summed E-state index contributed by atoms with van der Waals surface area (Å²) in [6.45, 7) is 3.69. The Morgan fingerprint density at radius 3 is 2.22 bits per heavy atom. The summed E-state index contributed by atoms with van der Waals surface area (Å²) >= 11 is 1.51. The summed E-state index contributed by atoms with van der Waals surface area (Å²) in [5, 5.41) is 3.23. The van der Waals surface area contributed by atoms with E-state index in [0.717, 1.165) is 51.6 Å². The van der Waals surface area contributed by atoms with Gasteiger partial charge in [0, 0.05) is 23.9 Å². The number of carbonyl (C=O) groups is 2. The van der Waals surface area contributed by atoms with Crippen LogP contribution in [0.3, 0.4) is 0 Å². The van der Waals surface area contributed by atoms with Crippen LogP contribution in [0.1, 0.15) is 49.3 Å². The number of rotatable bonds is 15. The zero-order valence-corrected chi connectivity index (χ0v) is 30.0. The summed E-state index contributed by atoms with van der Waals surface area (Å²) in [6.07, 6.45) is 6.07. The number of thioether (sulfide) groups is 1. The first kappa shape index (κ1) is 36.0. The largest absolute Gasteiger partial charge is 0.492 e. The van der Waals surface area contributed by atoms with Gasteiger partial charge in [-0.25, -0.2) is 8.42 Å². The molecule has 0 heterocycles. The normalized spacial score (nSPS) is 13.9. The van der Waals surface area contributed by atoms with Gasteiger partial charge in [0.15, 0.2) is 0 Å². The predicted molar refractivity (Wildman–Crippen MR) is 196 cm³/mol. The van der Waals surface area contributed by atoms with E-state index >= 15 is 0 Å². The Kier molecular flexibility index (Phi) is 12.4. The van der Waals surface area contributed by atoms with Crippen molar-refractivity contribution < 1.29 is 22.7 Å². The maximum atomic E-state index is 14.9. The fourth-order valence-corrected chi connectivity index (χ4v) is 8.05. The third-order valence-electron chi connectivity index (χ3n) is 8.93. The highest BCUT2D eigenvalue weighted by atomic mass is 32.2. The molecule has 5 rings (SSSR count). The number of aryl methyl sites for hydroxylation is 1. The monoisotopic (exact) mass is 699 g/mol. The Balaban J connectivity index is 1.60. The maximum absolute atomic E-state index is 14.9. The van der Waals surface area contributed by atoms with E-state index in [0.29, 0.717) is 12.4 Å². The molecule has 1 fully saturated rings. The molecule has 0 bridgehead atoms. The highest BCUT2D eigenvalue weighted by molar-refractivity contribution is 7.98. The van der Waals surface area contributed by atoms with E-state index in [1.807, 2.05) is 74.7 Å². The van der Waals surface area contributed by atoms with E-state index in [1.165, 1.54) is 11.8 Å². The predicted octanol–water partition coefficient (Wildman–Crippen LogP) is 7.01. The first-order valence-corrected chi connectivity index (χ1v) is 19.4. The van der Waals surface area contributed by atoms with Gasteiger partial charge in [0.1, 0.15) is 18.3 Å². The van der Waals surface area contributed by atoms with Crippen LogP contribution in [0.5, 0.6) is 5.75 Å². The van der Waals surface area contributed by atoms with E-state index in [-0.39, 0.29) is 35.5 Å². The van der Waals surface area contributed by atoms with Crippen LogP contribution >= 0.6 is 11.8 Å². The second kappa shape index (κ2) is 16.9. The molecule has 10 heteroatoms. The summed E-state index contributed by atoms with van der Waals surface area (Å²) in [7, 11) is -4.26. The van der Waals surface area contributed by atoms with Crippen LogP contribution in [0.15, 0.2) is 113 Å². The van der Waals surface area contributed by atoms with E-state index < -0.39 is 28.5 Å². The van der Waals surface area contributed by atoms with Gasteiger partial charge in [0.2, 0.25) is 11.8 Å². The minimum Gasteiger partial charge on any atom is -0.492 e. The van der Waals surface area contributed by atoms with Gasteiger partial charge in [-0.3, -0.25) is 13.9 Å². The zero-order chi connectivity index (χ0) is 34.8. The second-order valence-electron chi connectivity index (χ2n) is 12.2. The van der Waals surface area contributed by atoms with Crippen LogP contribution in [0.4, 0.5) is 5.69 Å². The lowest BCUT2D eigenvalue weighted by atomic mass is 10.0. The number of carbonyl (C=O) groups excluding carboxylic acids is 2. The minimum absolute atomic E-state index is 0.0420. The summed E-state index contributed by atoms with van der Waals surface area (Å²) in [4.78, 5) is 31.6. The third-order valence-corrected chi connectivity index (χ3v) is 11.5. The van der Waals surface area contributed by atoms with Gasteiger partial charge in [-0.2, -0.15) is 0 Å². The first-order chi connectivity index (χ1) is 23.7. The highest BCUT2D eigenvalue weighted by Gasteiger charge is 2.36. The van der Waals surface area contributed by atoms with Gasteiger partial charge in [0.05, 0.1) is 17.2 Å². The van der Waals surface area contributed by atoms with Crippen molar-refractivity contribution in [2.75, 3.05) is 23.7 Å². The fraction of sp³-hybridized carbons (Fsp3) is 0.333. The average molecular weight is 700 g/mol. The molecule has 0 saturated heterocycles. The quantitative estimate of drug-likeness (QED) is 0.134. The van der Waals surface area contributed by atoms with E-state index in [9.17, 15) is 18.0 Å². The number of hydrogen-bond donors (Lipinski definition) is 1. The number of nitrogens with zero attached hydrogens (tertiary/aromatic N) is 2. The average Bonchev–Trinajstić information content (AvgIpc) is 3.63. The van der Waals surface area contributed by atoms with Crippen molar-refractivity contribution in [2.45, 2.75) is 74.4 Å². The molecule has 1 atom stereocenters. The number of anilines is 1. The van der Waals surface area contributed by atoms with Crippen molar-refractivity contribution in [1.29, 1.82) is 0 Å². The van der Waals surface area contributed by atoms with Crippen molar-refractivity contribution >= 4 is 39.3 Å². The van der Waals surface area contributed by atoms with Crippen LogP contribution in [0, 0.1) is 6.92 Å². The molecule has 49 heavy (non-hydrogen) atoms. The summed E-state index contributed by atoms with van der Waals surface area (Å²) in [6, 6.07) is 30.0. The van der Waals surface area contributed by atoms with E-state index in [2.05, 4.69) is 5.32 Å². The summed E-state index contributed by atoms with van der Waals surface area (Å²) in [5.41, 5.74) is 2.99. The van der Waals surface area contributed by atoms with Gasteiger partial charge >= 0.3 is 0 Å². The molecule has 2 amide bonds. The molecule has 4 aromatic carbocycles. The number of hydrogen-bond acceptors (Lipinski definition) is 6. The highest BCUT2D eigenvalue weighted by Crippen LogP contribution is 2.33. The second-order valence-corrected chi connectivity index (χ2v) is 15.0. The van der Waals surface area contributed by atoms with Gasteiger partial charge in [0.25, 0.3) is 10.0 Å². The molecule has 1 N–H and O–H groups in total. The first-order valence-electron chi connectivity index (χ1n) is 16.8. The Morgan fingerprint density at radius 2 is 1.55 bits per heavy atom. The molecular formula is C39H45N3O5S2. The molecule has 1 saturated carbocycles. The molecule has 0 aromatic heterocycles. The Bertz CT molecular complexity index is 1810. The topological polar surface area (TPSA) is 96.0 Å². The number of benzene rings is 4. The molecule has 8 nitrogen and oxygen atoms in total. The number of amides is 2. The summed E-state index contributed by atoms with van der Waals surface area (Å²) < 4.78 is 36.0. The smallest absolute Gasteiger partial charge is 0.264 e. The Hall–Kier alpha value is -4.28. The van der Waals surface area contributed by atoms with Crippen LogP contribution in [-0.4, -0.2) is 56.6 Å². The molecular weight excluding hydrogens is 655 g/mol. The van der Waals surface area contributed by atoms with Crippen molar-refractivity contribution in [2.24, 2.45) is 0 Å². The molecule has 4 aromatic rings. The minimum atomic E-state index is -4.26. The van der Waals surface area contributed by atoms with Crippen molar-refractivity contribution in [1.82, 2.24) is 10.2 Å². The lowest BCUT2D eigenvalue weighted by Crippen LogP contribution is -2.54. The van der Waals surface area contributed by atoms with Crippen LogP contribution < -0.4 is 14.4 Å². The maximum Gasteiger partial charge on any atom is 0.264 e. The van der Waals surface area contributed by atoms with Crippen LogP contribution in [0.25, 0.3) is 0 Å².